The Balaban J connectivity index is 4.47. The van der Waals surface area contributed by atoms with E-state index in [-0.39, 0.29) is 5.75 Å². The monoisotopic (exact) mass is 313 g/mol. The van der Waals surface area contributed by atoms with Crippen molar-refractivity contribution in [3.8, 4) is 0 Å². The first-order chi connectivity index (χ1) is 8.82. The van der Waals surface area contributed by atoms with Crippen LogP contribution in [0.25, 0.3) is 0 Å². The van der Waals surface area contributed by atoms with E-state index in [1.54, 1.807) is 0 Å². The van der Waals surface area contributed by atoms with Gasteiger partial charge in [0, 0.05) is 0 Å². The average molecular weight is 313 g/mol. The molecule has 4 N–H and O–H groups in total. The van der Waals surface area contributed by atoms with Gasteiger partial charge in [-0.25, -0.2) is 18.6 Å². The van der Waals surface area contributed by atoms with Gasteiger partial charge in [0.2, 0.25) is 15.9 Å². The number of nitrogens with one attached hydrogen (secondary N) is 2. The molecular weight excluding hydrogens is 294 g/mol. The third kappa shape index (κ3) is 8.81. The average Bonchev–Trinajstić information content (AvgIpc) is 2.33. The molecular formula is C9H19N3O5S2. The number of hydrogen-bond acceptors (Lipinski definition) is 6. The van der Waals surface area contributed by atoms with Crippen LogP contribution in [0.1, 0.15) is 13.3 Å². The third-order valence-electron chi connectivity index (χ3n) is 2.02. The molecule has 0 spiro atoms. The number of sulfonamides is 1. The molecule has 0 saturated carbocycles. The summed E-state index contributed by atoms with van der Waals surface area (Å²) in [5.41, 5.74) is 6.82. The smallest absolute Gasteiger partial charge is 0.261 e. The van der Waals surface area contributed by atoms with Crippen molar-refractivity contribution in [1.29, 1.82) is 0 Å². The highest BCUT2D eigenvalue weighted by Gasteiger charge is 2.23. The molecule has 0 radical (unpaired) electrons. The Kier molecular flexibility index (Phi) is 8.72. The fourth-order valence-corrected chi connectivity index (χ4v) is 2.33. The highest BCUT2D eigenvalue weighted by molar-refractivity contribution is 7.98. The van der Waals surface area contributed by atoms with E-state index in [0.29, 0.717) is 12.2 Å². The fraction of sp³-hybridized carbons (Fsp3) is 0.778. The van der Waals surface area contributed by atoms with Crippen LogP contribution in [0.4, 0.5) is 0 Å². The lowest BCUT2D eigenvalue weighted by molar-refractivity contribution is -0.139. The van der Waals surface area contributed by atoms with Crippen molar-refractivity contribution in [3.05, 3.63) is 0 Å². The van der Waals surface area contributed by atoms with Gasteiger partial charge in [-0.2, -0.15) is 11.8 Å². The van der Waals surface area contributed by atoms with Crippen molar-refractivity contribution in [3.63, 3.8) is 0 Å². The van der Waals surface area contributed by atoms with E-state index >= 15 is 0 Å². The van der Waals surface area contributed by atoms with Gasteiger partial charge >= 0.3 is 0 Å². The topological polar surface area (TPSA) is 128 Å². The van der Waals surface area contributed by atoms with Crippen LogP contribution in [0.5, 0.6) is 0 Å². The molecule has 19 heavy (non-hydrogen) atoms. The van der Waals surface area contributed by atoms with Crippen LogP contribution in [0.2, 0.25) is 0 Å². The van der Waals surface area contributed by atoms with Crippen LogP contribution in [0.3, 0.4) is 0 Å². The standard InChI is InChI=1S/C9H19N3O5S2/c1-3-19(15,16)12-7(4-5-18-2)9(14)11-17-6-8(10)13/h7,12H,3-6H2,1-2H3,(H2,10,13)(H,11,14). The lowest BCUT2D eigenvalue weighted by Gasteiger charge is -2.17. The molecule has 10 heteroatoms. The maximum atomic E-state index is 11.7. The highest BCUT2D eigenvalue weighted by Crippen LogP contribution is 2.03. The van der Waals surface area contributed by atoms with Crippen molar-refractivity contribution in [2.45, 2.75) is 19.4 Å². The second kappa shape index (κ2) is 9.13. The Hall–Kier alpha value is -0.840. The number of primary amides is 1. The number of carbonyl (C=O) groups is 2. The summed E-state index contributed by atoms with van der Waals surface area (Å²) in [6.07, 6.45) is 2.15. The summed E-state index contributed by atoms with van der Waals surface area (Å²) >= 11 is 1.48. The lowest BCUT2D eigenvalue weighted by Crippen LogP contribution is -2.47. The Bertz CT molecular complexity index is 399. The van der Waals surface area contributed by atoms with Gasteiger partial charge in [0.05, 0.1) is 5.75 Å². The molecule has 8 nitrogen and oxygen atoms in total. The predicted octanol–water partition coefficient (Wildman–Crippen LogP) is -1.42. The minimum atomic E-state index is -3.50. The minimum Gasteiger partial charge on any atom is -0.368 e. The van der Waals surface area contributed by atoms with E-state index in [2.05, 4.69) is 9.56 Å². The largest absolute Gasteiger partial charge is 0.368 e. The molecule has 0 aliphatic rings. The zero-order valence-electron chi connectivity index (χ0n) is 10.8. The van der Waals surface area contributed by atoms with Crippen LogP contribution in [-0.2, 0) is 24.4 Å². The van der Waals surface area contributed by atoms with Gasteiger partial charge in [-0.05, 0) is 25.4 Å². The quantitative estimate of drug-likeness (QED) is 0.425. The van der Waals surface area contributed by atoms with Crippen LogP contribution in [0, 0.1) is 0 Å². The summed E-state index contributed by atoms with van der Waals surface area (Å²) in [6, 6.07) is -0.940. The fourth-order valence-electron chi connectivity index (χ4n) is 1.03. The number of rotatable bonds is 10. The molecule has 0 saturated heterocycles. The molecule has 1 atom stereocenters. The van der Waals surface area contributed by atoms with Crippen LogP contribution in [0.15, 0.2) is 0 Å². The first-order valence-corrected chi connectivity index (χ1v) is 8.56. The molecule has 2 amide bonds. The molecule has 0 aliphatic carbocycles. The first-order valence-electron chi connectivity index (χ1n) is 5.51. The minimum absolute atomic E-state index is 0.127. The van der Waals surface area contributed by atoms with Gasteiger partial charge in [0.25, 0.3) is 5.91 Å². The number of hydroxylamine groups is 1. The number of amides is 2. The van der Waals surface area contributed by atoms with Crippen molar-refractivity contribution >= 4 is 33.6 Å². The SMILES string of the molecule is CCS(=O)(=O)NC(CCSC)C(=O)NOCC(N)=O. The normalized spacial score (nSPS) is 12.9. The molecule has 0 aliphatic heterocycles. The zero-order chi connectivity index (χ0) is 14.9. The van der Waals surface area contributed by atoms with E-state index in [1.807, 2.05) is 11.7 Å². The maximum absolute atomic E-state index is 11.7. The molecule has 0 aromatic heterocycles. The van der Waals surface area contributed by atoms with Gasteiger partial charge in [-0.15, -0.1) is 0 Å². The zero-order valence-corrected chi connectivity index (χ0v) is 12.5. The Labute approximate surface area is 116 Å². The third-order valence-corrected chi connectivity index (χ3v) is 4.06. The number of hydrogen-bond donors (Lipinski definition) is 3. The predicted molar refractivity (Wildman–Crippen MR) is 72.7 cm³/mol. The lowest BCUT2D eigenvalue weighted by atomic mass is 10.2. The molecule has 0 bridgehead atoms. The second-order valence-corrected chi connectivity index (χ2v) is 6.60. The first kappa shape index (κ1) is 18.2. The number of carbonyl (C=O) groups excluding carboxylic acids is 2. The number of thioether (sulfide) groups is 1. The Morgan fingerprint density at radius 1 is 1.42 bits per heavy atom. The summed E-state index contributed by atoms with van der Waals surface area (Å²) in [6.45, 7) is 0.997. The molecule has 0 rings (SSSR count). The van der Waals surface area contributed by atoms with Gasteiger partial charge < -0.3 is 5.73 Å². The summed E-state index contributed by atoms with van der Waals surface area (Å²) in [4.78, 5) is 26.7. The maximum Gasteiger partial charge on any atom is 0.261 e. The molecule has 0 aromatic carbocycles. The molecule has 112 valence electrons. The van der Waals surface area contributed by atoms with E-state index in [4.69, 9.17) is 5.73 Å². The Morgan fingerprint density at radius 2 is 2.05 bits per heavy atom. The second-order valence-electron chi connectivity index (χ2n) is 3.58. The molecule has 0 fully saturated rings. The molecule has 1 unspecified atom stereocenters. The van der Waals surface area contributed by atoms with Crippen molar-refractivity contribution < 1.29 is 22.8 Å². The number of nitrogens with two attached hydrogens (primary N) is 1. The van der Waals surface area contributed by atoms with Crippen molar-refractivity contribution in [2.75, 3.05) is 24.4 Å². The molecule has 0 heterocycles. The van der Waals surface area contributed by atoms with Gasteiger partial charge in [-0.3, -0.25) is 14.4 Å². The summed E-state index contributed by atoms with van der Waals surface area (Å²) in [5, 5.41) is 0. The van der Waals surface area contributed by atoms with E-state index in [9.17, 15) is 18.0 Å². The van der Waals surface area contributed by atoms with Crippen LogP contribution >= 0.6 is 11.8 Å². The van der Waals surface area contributed by atoms with Gasteiger partial charge in [0.15, 0.2) is 6.61 Å². The van der Waals surface area contributed by atoms with E-state index in [0.717, 1.165) is 0 Å². The summed E-state index contributed by atoms with van der Waals surface area (Å²) in [7, 11) is -3.50. The summed E-state index contributed by atoms with van der Waals surface area (Å²) in [5.74, 6) is -0.930. The van der Waals surface area contributed by atoms with Gasteiger partial charge in [-0.1, -0.05) is 0 Å². The van der Waals surface area contributed by atoms with Crippen LogP contribution in [-0.4, -0.2) is 50.6 Å². The van der Waals surface area contributed by atoms with Gasteiger partial charge in [0.1, 0.15) is 6.04 Å². The van der Waals surface area contributed by atoms with Crippen molar-refractivity contribution in [1.82, 2.24) is 10.2 Å². The summed E-state index contributed by atoms with van der Waals surface area (Å²) < 4.78 is 25.2. The Morgan fingerprint density at radius 3 is 2.53 bits per heavy atom. The molecule has 0 aromatic rings. The highest BCUT2D eigenvalue weighted by atomic mass is 32.2. The van der Waals surface area contributed by atoms with Crippen molar-refractivity contribution in [2.24, 2.45) is 5.73 Å². The van der Waals surface area contributed by atoms with E-state index in [1.165, 1.54) is 18.7 Å². The van der Waals surface area contributed by atoms with E-state index < -0.39 is 34.5 Å². The van der Waals surface area contributed by atoms with Crippen LogP contribution < -0.4 is 15.9 Å².